The van der Waals surface area contributed by atoms with Crippen molar-refractivity contribution in [3.05, 3.63) is 118 Å². The van der Waals surface area contributed by atoms with Crippen LogP contribution < -0.4 is 19.1 Å². The highest BCUT2D eigenvalue weighted by molar-refractivity contribution is 7.22. The number of aliphatic hydroxyl groups is 1. The van der Waals surface area contributed by atoms with Gasteiger partial charge < -0.3 is 19.3 Å². The van der Waals surface area contributed by atoms with Crippen molar-refractivity contribution in [1.29, 1.82) is 0 Å². The smallest absolute Gasteiger partial charge is 0.301 e. The summed E-state index contributed by atoms with van der Waals surface area (Å²) >= 11 is 1.34. The van der Waals surface area contributed by atoms with E-state index >= 15 is 0 Å². The fourth-order valence-corrected chi connectivity index (χ4v) is 7.41. The van der Waals surface area contributed by atoms with Crippen molar-refractivity contribution in [3.8, 4) is 17.2 Å². The third-order valence-electron chi connectivity index (χ3n) is 8.38. The molecule has 1 N–H and O–H groups in total. The Morgan fingerprint density at radius 2 is 1.83 bits per heavy atom. The van der Waals surface area contributed by atoms with Gasteiger partial charge in [0.1, 0.15) is 24.2 Å². The lowest BCUT2D eigenvalue weighted by Gasteiger charge is -2.24. The number of methoxy groups -OCH3 is 1. The van der Waals surface area contributed by atoms with E-state index in [0.29, 0.717) is 40.8 Å². The fraction of sp³-hybridized carbons (Fsp3) is 0.216. The molecule has 1 aromatic heterocycles. The number of carbonyl (C=O) groups excluding carboxylic acids is 2. The molecule has 1 saturated heterocycles. The molecule has 2 unspecified atom stereocenters. The summed E-state index contributed by atoms with van der Waals surface area (Å²) in [5, 5.41) is 12.1. The predicted octanol–water partition coefficient (Wildman–Crippen LogP) is 7.45. The first-order valence-electron chi connectivity index (χ1n) is 15.0. The summed E-state index contributed by atoms with van der Waals surface area (Å²) < 4.78 is 18.6. The Bertz CT molecular complexity index is 2050. The second kappa shape index (κ2) is 11.7. The maximum atomic E-state index is 13.9. The Kier molecular flexibility index (Phi) is 7.49. The number of aryl methyl sites for hydroxylation is 2. The minimum absolute atomic E-state index is 0.0131. The number of anilines is 1. The highest BCUT2D eigenvalue weighted by Crippen LogP contribution is 2.46. The Hall–Kier alpha value is -5.15. The summed E-state index contributed by atoms with van der Waals surface area (Å²) in [6, 6.07) is 23.5. The second-order valence-corrected chi connectivity index (χ2v) is 12.7. The molecule has 0 bridgehead atoms. The molecule has 0 aliphatic carbocycles. The van der Waals surface area contributed by atoms with E-state index in [-0.39, 0.29) is 17.4 Å². The number of amides is 1. The quantitative estimate of drug-likeness (QED) is 0.113. The summed E-state index contributed by atoms with van der Waals surface area (Å²) in [6.45, 7) is 6.29. The maximum Gasteiger partial charge on any atom is 0.301 e. The first-order valence-corrected chi connectivity index (χ1v) is 15.9. The van der Waals surface area contributed by atoms with Crippen LogP contribution in [0.3, 0.4) is 0 Å². The molecular formula is C37H32N2O6S. The molecule has 1 amide bonds. The fourth-order valence-electron chi connectivity index (χ4n) is 6.24. The molecule has 7 rings (SSSR count). The van der Waals surface area contributed by atoms with Gasteiger partial charge in [-0.3, -0.25) is 14.5 Å². The molecule has 9 heteroatoms. The van der Waals surface area contributed by atoms with Gasteiger partial charge in [-0.15, -0.1) is 0 Å². The lowest BCUT2D eigenvalue weighted by Crippen LogP contribution is -2.29. The molecule has 232 valence electrons. The molecular weight excluding hydrogens is 600 g/mol. The zero-order valence-corrected chi connectivity index (χ0v) is 26.7. The molecule has 4 aromatic carbocycles. The molecule has 5 aromatic rings. The van der Waals surface area contributed by atoms with Gasteiger partial charge >= 0.3 is 5.91 Å². The first-order chi connectivity index (χ1) is 22.2. The number of nitrogens with zero attached hydrogens (tertiary/aromatic N) is 2. The summed E-state index contributed by atoms with van der Waals surface area (Å²) in [6.07, 6.45) is 0.694. The average molecular weight is 633 g/mol. The number of aromatic nitrogens is 1. The third-order valence-corrected chi connectivity index (χ3v) is 9.38. The van der Waals surface area contributed by atoms with Crippen molar-refractivity contribution in [3.63, 3.8) is 0 Å². The van der Waals surface area contributed by atoms with Crippen LogP contribution in [0.25, 0.3) is 16.0 Å². The van der Waals surface area contributed by atoms with Crippen LogP contribution >= 0.6 is 11.3 Å². The minimum atomic E-state index is -0.970. The van der Waals surface area contributed by atoms with Crippen molar-refractivity contribution >= 4 is 44.1 Å². The van der Waals surface area contributed by atoms with Crippen molar-refractivity contribution in [2.24, 2.45) is 0 Å². The summed E-state index contributed by atoms with van der Waals surface area (Å²) in [5.74, 6) is -0.129. The second-order valence-electron chi connectivity index (χ2n) is 11.7. The number of hydrogen-bond donors (Lipinski definition) is 1. The van der Waals surface area contributed by atoms with E-state index in [1.807, 2.05) is 69.3 Å². The number of thiazole rings is 1. The number of aliphatic hydroxyl groups excluding tert-OH is 1. The molecule has 0 radical (unpaired) electrons. The van der Waals surface area contributed by atoms with E-state index in [1.165, 1.54) is 23.3 Å². The molecule has 2 atom stereocenters. The molecule has 8 nitrogen and oxygen atoms in total. The van der Waals surface area contributed by atoms with Gasteiger partial charge in [0.05, 0.1) is 28.9 Å². The number of Topliss-reactive ketones (excluding diaryl/α,β-unsaturated/α-hetero) is 1. The first kappa shape index (κ1) is 29.6. The van der Waals surface area contributed by atoms with Crippen molar-refractivity contribution in [2.75, 3.05) is 12.0 Å². The lowest BCUT2D eigenvalue weighted by atomic mass is 9.94. The number of ketones is 1. The van der Waals surface area contributed by atoms with Crippen LogP contribution in [0.5, 0.6) is 17.2 Å². The molecule has 1 fully saturated rings. The van der Waals surface area contributed by atoms with Gasteiger partial charge in [0.25, 0.3) is 5.78 Å². The van der Waals surface area contributed by atoms with E-state index in [2.05, 4.69) is 0 Å². The highest BCUT2D eigenvalue weighted by atomic mass is 32.1. The Labute approximate surface area is 270 Å². The van der Waals surface area contributed by atoms with Crippen LogP contribution in [0.15, 0.2) is 84.4 Å². The van der Waals surface area contributed by atoms with E-state index < -0.39 is 17.7 Å². The largest absolute Gasteiger partial charge is 0.507 e. The van der Waals surface area contributed by atoms with Crippen LogP contribution in [-0.2, 0) is 22.6 Å². The number of hydrogen-bond acceptors (Lipinski definition) is 8. The summed E-state index contributed by atoms with van der Waals surface area (Å²) in [5.41, 5.74) is 5.72. The van der Waals surface area contributed by atoms with Gasteiger partial charge in [0, 0.05) is 12.0 Å². The van der Waals surface area contributed by atoms with Crippen LogP contribution in [0.4, 0.5) is 5.13 Å². The van der Waals surface area contributed by atoms with Crippen molar-refractivity contribution < 1.29 is 28.9 Å². The zero-order valence-electron chi connectivity index (χ0n) is 25.9. The van der Waals surface area contributed by atoms with Crippen LogP contribution in [0.1, 0.15) is 46.3 Å². The van der Waals surface area contributed by atoms with Crippen molar-refractivity contribution in [1.82, 2.24) is 4.98 Å². The van der Waals surface area contributed by atoms with Crippen LogP contribution in [0, 0.1) is 13.8 Å². The van der Waals surface area contributed by atoms with Gasteiger partial charge in [0.15, 0.2) is 16.6 Å². The average Bonchev–Trinajstić information content (AvgIpc) is 3.72. The maximum absolute atomic E-state index is 13.9. The number of benzene rings is 4. The van der Waals surface area contributed by atoms with Gasteiger partial charge in [-0.05, 0) is 85.0 Å². The Balaban J connectivity index is 1.36. The van der Waals surface area contributed by atoms with Crippen LogP contribution in [0.2, 0.25) is 0 Å². The summed E-state index contributed by atoms with van der Waals surface area (Å²) in [7, 11) is 1.54. The van der Waals surface area contributed by atoms with Gasteiger partial charge in [-0.1, -0.05) is 53.8 Å². The molecule has 2 aliphatic heterocycles. The van der Waals surface area contributed by atoms with Gasteiger partial charge in [-0.2, -0.15) is 0 Å². The number of ether oxygens (including phenoxy) is 3. The normalized spacial score (nSPS) is 18.6. The predicted molar refractivity (Wildman–Crippen MR) is 178 cm³/mol. The van der Waals surface area contributed by atoms with Crippen molar-refractivity contribution in [2.45, 2.75) is 45.9 Å². The number of carbonyl (C=O) groups is 2. The van der Waals surface area contributed by atoms with E-state index in [0.717, 1.165) is 38.2 Å². The molecule has 0 spiro atoms. The molecule has 3 heterocycles. The minimum Gasteiger partial charge on any atom is -0.507 e. The van der Waals surface area contributed by atoms with Gasteiger partial charge in [-0.25, -0.2) is 4.98 Å². The summed E-state index contributed by atoms with van der Waals surface area (Å²) in [4.78, 5) is 34.0. The third kappa shape index (κ3) is 5.16. The van der Waals surface area contributed by atoms with E-state index in [9.17, 15) is 14.7 Å². The topological polar surface area (TPSA) is 98.2 Å². The van der Waals surface area contributed by atoms with Crippen LogP contribution in [-0.4, -0.2) is 35.0 Å². The molecule has 2 aliphatic rings. The van der Waals surface area contributed by atoms with Gasteiger partial charge in [0.2, 0.25) is 0 Å². The monoisotopic (exact) mass is 632 g/mol. The number of rotatable bonds is 7. The SMILES string of the molecule is COc1cc(C2/C(=C(/O)c3ccc4c(c3)CC(C)O4)C(=O)C(=O)N2c2nc3c(C)cc(C)cc3s2)ccc1OCc1ccccc1. The Morgan fingerprint density at radius 3 is 2.61 bits per heavy atom. The highest BCUT2D eigenvalue weighted by Gasteiger charge is 2.48. The molecule has 46 heavy (non-hydrogen) atoms. The van der Waals surface area contributed by atoms with E-state index in [1.54, 1.807) is 30.3 Å². The number of fused-ring (bicyclic) bond motifs is 2. The zero-order chi connectivity index (χ0) is 32.1. The molecule has 0 saturated carbocycles. The standard InChI is InChI=1S/C37H32N2O6S/c1-20-14-21(2)32-30(15-20)46-37(38-32)39-33(24-10-13-28(29(18-24)43-4)44-19-23-8-6-5-7-9-23)31(35(41)36(39)42)34(40)25-11-12-27-26(17-25)16-22(3)45-27/h5-15,17-18,22,33,40H,16,19H2,1-4H3/b34-31-. The lowest BCUT2D eigenvalue weighted by molar-refractivity contribution is -0.132. The Morgan fingerprint density at radius 1 is 1.02 bits per heavy atom. The van der Waals surface area contributed by atoms with E-state index in [4.69, 9.17) is 19.2 Å².